The van der Waals surface area contributed by atoms with Gasteiger partial charge in [0.2, 0.25) is 5.88 Å². The minimum absolute atomic E-state index is 0.148. The van der Waals surface area contributed by atoms with Crippen molar-refractivity contribution in [1.82, 2.24) is 9.97 Å². The van der Waals surface area contributed by atoms with Crippen LogP contribution in [0.1, 0.15) is 12.5 Å². The fourth-order valence-electron chi connectivity index (χ4n) is 1.58. The zero-order valence-electron chi connectivity index (χ0n) is 10.2. The number of aromatic nitrogens is 2. The standard InChI is InChI=1S/C12H12F2N4O/c1-2-8-11(18-15)16-6-17-12(8)19-7-3-4-9(13)10(14)5-7/h3-6H,2,15H2,1H3,(H,16,17,18). The molecular formula is C12H12F2N4O. The van der Waals surface area contributed by atoms with Crippen LogP contribution in [0.15, 0.2) is 24.5 Å². The molecule has 0 bridgehead atoms. The highest BCUT2D eigenvalue weighted by Gasteiger charge is 2.12. The number of hydrogen-bond donors (Lipinski definition) is 2. The van der Waals surface area contributed by atoms with Gasteiger partial charge in [0, 0.05) is 6.07 Å². The number of nitrogen functional groups attached to an aromatic ring is 1. The van der Waals surface area contributed by atoms with Crippen molar-refractivity contribution in [2.24, 2.45) is 5.84 Å². The smallest absolute Gasteiger partial charge is 0.227 e. The summed E-state index contributed by atoms with van der Waals surface area (Å²) in [6, 6.07) is 3.25. The highest BCUT2D eigenvalue weighted by atomic mass is 19.2. The third-order valence-electron chi connectivity index (χ3n) is 2.50. The van der Waals surface area contributed by atoms with E-state index in [9.17, 15) is 8.78 Å². The number of rotatable bonds is 4. The first kappa shape index (κ1) is 13.2. The molecule has 100 valence electrons. The molecule has 0 aliphatic rings. The Bertz CT molecular complexity index is 592. The van der Waals surface area contributed by atoms with Crippen molar-refractivity contribution in [2.75, 3.05) is 5.43 Å². The van der Waals surface area contributed by atoms with Gasteiger partial charge in [0.1, 0.15) is 17.9 Å². The van der Waals surface area contributed by atoms with Gasteiger partial charge in [-0.3, -0.25) is 0 Å². The molecule has 0 saturated carbocycles. The topological polar surface area (TPSA) is 73.1 Å². The Kier molecular flexibility index (Phi) is 3.86. The van der Waals surface area contributed by atoms with Gasteiger partial charge in [-0.1, -0.05) is 6.92 Å². The summed E-state index contributed by atoms with van der Waals surface area (Å²) in [5.41, 5.74) is 3.08. The molecule has 0 fully saturated rings. The Morgan fingerprint density at radius 3 is 2.68 bits per heavy atom. The average Bonchev–Trinajstić information content (AvgIpc) is 2.42. The van der Waals surface area contributed by atoms with Crippen molar-refractivity contribution in [2.45, 2.75) is 13.3 Å². The fourth-order valence-corrected chi connectivity index (χ4v) is 1.58. The number of nitrogens with zero attached hydrogens (tertiary/aromatic N) is 2. The lowest BCUT2D eigenvalue weighted by Gasteiger charge is -2.11. The van der Waals surface area contributed by atoms with E-state index in [0.717, 1.165) is 12.1 Å². The van der Waals surface area contributed by atoms with Crippen LogP contribution in [0, 0.1) is 11.6 Å². The van der Waals surface area contributed by atoms with Crippen molar-refractivity contribution in [3.8, 4) is 11.6 Å². The molecule has 0 radical (unpaired) electrons. The van der Waals surface area contributed by atoms with E-state index >= 15 is 0 Å². The molecule has 1 heterocycles. The lowest BCUT2D eigenvalue weighted by Crippen LogP contribution is -2.12. The second-order valence-corrected chi connectivity index (χ2v) is 3.68. The Morgan fingerprint density at radius 2 is 2.05 bits per heavy atom. The average molecular weight is 266 g/mol. The number of hydrogen-bond acceptors (Lipinski definition) is 5. The van der Waals surface area contributed by atoms with Crippen LogP contribution in [-0.2, 0) is 6.42 Å². The maximum Gasteiger partial charge on any atom is 0.227 e. The second-order valence-electron chi connectivity index (χ2n) is 3.68. The molecular weight excluding hydrogens is 254 g/mol. The summed E-state index contributed by atoms with van der Waals surface area (Å²) in [7, 11) is 0. The number of anilines is 1. The predicted octanol–water partition coefficient (Wildman–Crippen LogP) is 2.40. The van der Waals surface area contributed by atoms with Crippen molar-refractivity contribution >= 4 is 5.82 Å². The van der Waals surface area contributed by atoms with Crippen LogP contribution in [0.3, 0.4) is 0 Å². The molecule has 0 amide bonds. The lowest BCUT2D eigenvalue weighted by molar-refractivity contribution is 0.442. The van der Waals surface area contributed by atoms with E-state index in [1.807, 2.05) is 6.92 Å². The van der Waals surface area contributed by atoms with Crippen LogP contribution >= 0.6 is 0 Å². The number of nitrogens with two attached hydrogens (primary N) is 1. The van der Waals surface area contributed by atoms with E-state index < -0.39 is 11.6 Å². The van der Waals surface area contributed by atoms with Crippen molar-refractivity contribution in [1.29, 1.82) is 0 Å². The normalized spacial score (nSPS) is 10.3. The Labute approximate surface area is 108 Å². The van der Waals surface area contributed by atoms with Gasteiger partial charge in [0.25, 0.3) is 0 Å². The van der Waals surface area contributed by atoms with Crippen molar-refractivity contribution in [3.05, 3.63) is 41.7 Å². The molecule has 1 aromatic heterocycles. The van der Waals surface area contributed by atoms with Crippen LogP contribution < -0.4 is 16.0 Å². The molecule has 3 N–H and O–H groups in total. The minimum Gasteiger partial charge on any atom is -0.438 e. The Hall–Kier alpha value is -2.28. The van der Waals surface area contributed by atoms with Crippen LogP contribution in [-0.4, -0.2) is 9.97 Å². The van der Waals surface area contributed by atoms with E-state index in [0.29, 0.717) is 17.8 Å². The summed E-state index contributed by atoms with van der Waals surface area (Å²) in [6.07, 6.45) is 1.84. The minimum atomic E-state index is -0.984. The van der Waals surface area contributed by atoms with Gasteiger partial charge in [-0.15, -0.1) is 0 Å². The number of nitrogens with one attached hydrogen (secondary N) is 1. The monoisotopic (exact) mass is 266 g/mol. The highest BCUT2D eigenvalue weighted by molar-refractivity contribution is 5.48. The molecule has 1 aromatic carbocycles. The van der Waals surface area contributed by atoms with Gasteiger partial charge in [-0.05, 0) is 18.6 Å². The van der Waals surface area contributed by atoms with Crippen LogP contribution in [0.4, 0.5) is 14.6 Å². The number of ether oxygens (including phenoxy) is 1. The summed E-state index contributed by atoms with van der Waals surface area (Å²) in [5.74, 6) is 4.23. The molecule has 0 atom stereocenters. The van der Waals surface area contributed by atoms with Crippen molar-refractivity contribution in [3.63, 3.8) is 0 Å². The molecule has 0 aliphatic carbocycles. The molecule has 2 aromatic rings. The summed E-state index contributed by atoms with van der Waals surface area (Å²) in [5, 5.41) is 0. The summed E-state index contributed by atoms with van der Waals surface area (Å²) in [4.78, 5) is 7.90. The van der Waals surface area contributed by atoms with Crippen LogP contribution in [0.25, 0.3) is 0 Å². The van der Waals surface area contributed by atoms with E-state index in [4.69, 9.17) is 10.6 Å². The first-order chi connectivity index (χ1) is 9.15. The molecule has 7 heteroatoms. The predicted molar refractivity (Wildman–Crippen MR) is 65.7 cm³/mol. The third kappa shape index (κ3) is 2.76. The third-order valence-corrected chi connectivity index (χ3v) is 2.50. The quantitative estimate of drug-likeness (QED) is 0.656. The van der Waals surface area contributed by atoms with Gasteiger partial charge in [0.15, 0.2) is 11.6 Å². The largest absolute Gasteiger partial charge is 0.438 e. The molecule has 0 saturated heterocycles. The lowest BCUT2D eigenvalue weighted by atomic mass is 10.2. The van der Waals surface area contributed by atoms with Gasteiger partial charge < -0.3 is 10.2 Å². The molecule has 2 rings (SSSR count). The molecule has 19 heavy (non-hydrogen) atoms. The highest BCUT2D eigenvalue weighted by Crippen LogP contribution is 2.27. The maximum atomic E-state index is 13.1. The molecule has 5 nitrogen and oxygen atoms in total. The molecule has 0 unspecified atom stereocenters. The van der Waals surface area contributed by atoms with Gasteiger partial charge in [-0.2, -0.15) is 0 Å². The van der Waals surface area contributed by atoms with E-state index in [1.165, 1.54) is 12.4 Å². The van der Waals surface area contributed by atoms with E-state index in [1.54, 1.807) is 0 Å². The van der Waals surface area contributed by atoms with Crippen LogP contribution in [0.5, 0.6) is 11.6 Å². The first-order valence-electron chi connectivity index (χ1n) is 5.59. The number of hydrazine groups is 1. The van der Waals surface area contributed by atoms with Gasteiger partial charge >= 0.3 is 0 Å². The second kappa shape index (κ2) is 5.57. The van der Waals surface area contributed by atoms with E-state index in [-0.39, 0.29) is 11.6 Å². The summed E-state index contributed by atoms with van der Waals surface area (Å²) >= 11 is 0. The number of halogens is 2. The van der Waals surface area contributed by atoms with Crippen LogP contribution in [0.2, 0.25) is 0 Å². The van der Waals surface area contributed by atoms with Crippen molar-refractivity contribution < 1.29 is 13.5 Å². The zero-order valence-corrected chi connectivity index (χ0v) is 10.2. The van der Waals surface area contributed by atoms with E-state index in [2.05, 4.69) is 15.4 Å². The molecule has 0 spiro atoms. The van der Waals surface area contributed by atoms with Gasteiger partial charge in [-0.25, -0.2) is 24.6 Å². The number of benzene rings is 1. The first-order valence-corrected chi connectivity index (χ1v) is 5.59. The summed E-state index contributed by atoms with van der Waals surface area (Å²) < 4.78 is 31.3. The summed E-state index contributed by atoms with van der Waals surface area (Å²) in [6.45, 7) is 1.87. The fraction of sp³-hybridized carbons (Fsp3) is 0.167. The maximum absolute atomic E-state index is 13.1. The Morgan fingerprint density at radius 1 is 1.26 bits per heavy atom. The molecule has 0 aliphatic heterocycles. The van der Waals surface area contributed by atoms with Gasteiger partial charge in [0.05, 0.1) is 5.56 Å². The zero-order chi connectivity index (χ0) is 13.8. The SMILES string of the molecule is CCc1c(NN)ncnc1Oc1ccc(F)c(F)c1. The Balaban J connectivity index is 2.35.